The first-order valence-electron chi connectivity index (χ1n) is 6.00. The molecular weight excluding hydrogens is 257 g/mol. The molecule has 0 heterocycles. The number of rotatable bonds is 5. The van der Waals surface area contributed by atoms with E-state index in [4.69, 9.17) is 0 Å². The average molecular weight is 276 g/mol. The number of alkyl halides is 3. The molecule has 0 saturated carbocycles. The molecule has 0 saturated heterocycles. The molecule has 1 rings (SSSR count). The SMILES string of the molecule is CC(C)(C)NCCNc1ccc(OC(F)(F)F)cc1. The fourth-order valence-corrected chi connectivity index (χ4v) is 1.42. The summed E-state index contributed by atoms with van der Waals surface area (Å²) in [6.45, 7) is 7.66. The molecule has 1 aromatic rings. The summed E-state index contributed by atoms with van der Waals surface area (Å²) >= 11 is 0. The van der Waals surface area contributed by atoms with Crippen molar-refractivity contribution in [2.45, 2.75) is 32.7 Å². The van der Waals surface area contributed by atoms with Crippen molar-refractivity contribution < 1.29 is 17.9 Å². The first-order chi connectivity index (χ1) is 8.66. The van der Waals surface area contributed by atoms with Gasteiger partial charge in [-0.2, -0.15) is 0 Å². The molecule has 0 amide bonds. The number of benzene rings is 1. The van der Waals surface area contributed by atoms with E-state index in [1.165, 1.54) is 12.1 Å². The van der Waals surface area contributed by atoms with Gasteiger partial charge in [0.15, 0.2) is 0 Å². The van der Waals surface area contributed by atoms with Crippen molar-refractivity contribution in [2.24, 2.45) is 0 Å². The summed E-state index contributed by atoms with van der Waals surface area (Å²) in [5.74, 6) is -0.217. The van der Waals surface area contributed by atoms with Crippen molar-refractivity contribution >= 4 is 5.69 Å². The van der Waals surface area contributed by atoms with Gasteiger partial charge in [0.2, 0.25) is 0 Å². The summed E-state index contributed by atoms with van der Waals surface area (Å²) in [6, 6.07) is 5.68. The highest BCUT2D eigenvalue weighted by molar-refractivity contribution is 5.46. The van der Waals surface area contributed by atoms with Gasteiger partial charge in [-0.15, -0.1) is 13.2 Å². The quantitative estimate of drug-likeness (QED) is 0.809. The number of nitrogens with one attached hydrogen (secondary N) is 2. The topological polar surface area (TPSA) is 33.3 Å². The number of hydrogen-bond donors (Lipinski definition) is 2. The molecule has 0 aliphatic rings. The van der Waals surface area contributed by atoms with Gasteiger partial charge in [-0.3, -0.25) is 0 Å². The van der Waals surface area contributed by atoms with Crippen molar-refractivity contribution in [2.75, 3.05) is 18.4 Å². The molecule has 0 aliphatic heterocycles. The van der Waals surface area contributed by atoms with E-state index in [0.29, 0.717) is 6.54 Å². The van der Waals surface area contributed by atoms with Crippen molar-refractivity contribution in [1.82, 2.24) is 5.32 Å². The second-order valence-electron chi connectivity index (χ2n) is 5.18. The minimum atomic E-state index is -4.65. The van der Waals surface area contributed by atoms with Gasteiger partial charge < -0.3 is 15.4 Å². The van der Waals surface area contributed by atoms with E-state index >= 15 is 0 Å². The van der Waals surface area contributed by atoms with Crippen molar-refractivity contribution in [3.05, 3.63) is 24.3 Å². The van der Waals surface area contributed by atoms with Crippen molar-refractivity contribution in [3.8, 4) is 5.75 Å². The third-order valence-corrected chi connectivity index (χ3v) is 2.20. The van der Waals surface area contributed by atoms with Crippen LogP contribution < -0.4 is 15.4 Å². The van der Waals surface area contributed by atoms with Crippen LogP contribution in [-0.2, 0) is 0 Å². The van der Waals surface area contributed by atoms with Gasteiger partial charge in [0.25, 0.3) is 0 Å². The zero-order valence-corrected chi connectivity index (χ0v) is 11.3. The number of hydrogen-bond acceptors (Lipinski definition) is 3. The number of anilines is 1. The third-order valence-electron chi connectivity index (χ3n) is 2.20. The van der Waals surface area contributed by atoms with Crippen LogP contribution in [0, 0.1) is 0 Å². The predicted molar refractivity (Wildman–Crippen MR) is 69.4 cm³/mol. The summed E-state index contributed by atoms with van der Waals surface area (Å²) in [5.41, 5.74) is 0.803. The van der Waals surface area contributed by atoms with E-state index in [0.717, 1.165) is 12.2 Å². The van der Waals surface area contributed by atoms with Crippen LogP contribution in [0.4, 0.5) is 18.9 Å². The van der Waals surface area contributed by atoms with Gasteiger partial charge in [-0.05, 0) is 45.0 Å². The monoisotopic (exact) mass is 276 g/mol. The van der Waals surface area contributed by atoms with Crippen LogP contribution in [0.15, 0.2) is 24.3 Å². The fourth-order valence-electron chi connectivity index (χ4n) is 1.42. The van der Waals surface area contributed by atoms with Crippen LogP contribution in [0.25, 0.3) is 0 Å². The molecule has 1 aromatic carbocycles. The molecule has 108 valence electrons. The molecule has 0 spiro atoms. The van der Waals surface area contributed by atoms with Gasteiger partial charge in [0.1, 0.15) is 5.75 Å². The van der Waals surface area contributed by atoms with Gasteiger partial charge >= 0.3 is 6.36 Å². The summed E-state index contributed by atoms with van der Waals surface area (Å²) < 4.78 is 39.7. The third kappa shape index (κ3) is 7.56. The van der Waals surface area contributed by atoms with Gasteiger partial charge in [-0.25, -0.2) is 0 Å². The first-order valence-corrected chi connectivity index (χ1v) is 6.00. The van der Waals surface area contributed by atoms with Crippen LogP contribution in [0.1, 0.15) is 20.8 Å². The molecule has 0 aromatic heterocycles. The lowest BCUT2D eigenvalue weighted by Gasteiger charge is -2.20. The average Bonchev–Trinajstić information content (AvgIpc) is 2.23. The Morgan fingerprint density at radius 1 is 1.00 bits per heavy atom. The van der Waals surface area contributed by atoms with E-state index in [2.05, 4.69) is 36.1 Å². The van der Waals surface area contributed by atoms with Gasteiger partial charge in [-0.1, -0.05) is 0 Å². The summed E-state index contributed by atoms with van der Waals surface area (Å²) in [6.07, 6.45) is -4.65. The molecule has 2 N–H and O–H groups in total. The van der Waals surface area contributed by atoms with Gasteiger partial charge in [0.05, 0.1) is 0 Å². The highest BCUT2D eigenvalue weighted by Crippen LogP contribution is 2.23. The second kappa shape index (κ2) is 6.14. The molecule has 19 heavy (non-hydrogen) atoms. The first kappa shape index (κ1) is 15.6. The Kier molecular flexibility index (Phi) is 5.05. The van der Waals surface area contributed by atoms with Crippen molar-refractivity contribution in [3.63, 3.8) is 0 Å². The molecule has 0 fully saturated rings. The number of ether oxygens (including phenoxy) is 1. The lowest BCUT2D eigenvalue weighted by Crippen LogP contribution is -2.38. The molecule has 3 nitrogen and oxygen atoms in total. The Morgan fingerprint density at radius 3 is 2.05 bits per heavy atom. The summed E-state index contributed by atoms with van der Waals surface area (Å²) in [7, 11) is 0. The zero-order chi connectivity index (χ0) is 14.5. The van der Waals surface area contributed by atoms with Crippen LogP contribution in [0.3, 0.4) is 0 Å². The van der Waals surface area contributed by atoms with E-state index in [1.807, 2.05) is 0 Å². The van der Waals surface area contributed by atoms with E-state index in [1.54, 1.807) is 12.1 Å². The van der Waals surface area contributed by atoms with E-state index < -0.39 is 6.36 Å². The summed E-state index contributed by atoms with van der Waals surface area (Å²) in [5, 5.41) is 6.41. The van der Waals surface area contributed by atoms with E-state index in [-0.39, 0.29) is 11.3 Å². The van der Waals surface area contributed by atoms with Crippen LogP contribution in [-0.4, -0.2) is 25.0 Å². The largest absolute Gasteiger partial charge is 0.573 e. The fraction of sp³-hybridized carbons (Fsp3) is 0.538. The smallest absolute Gasteiger partial charge is 0.406 e. The minimum Gasteiger partial charge on any atom is -0.406 e. The minimum absolute atomic E-state index is 0.0477. The maximum atomic E-state index is 12.0. The molecule has 0 bridgehead atoms. The highest BCUT2D eigenvalue weighted by atomic mass is 19.4. The standard InChI is InChI=1S/C13H19F3N2O/c1-12(2,3)18-9-8-17-10-4-6-11(7-5-10)19-13(14,15)16/h4-7,17-18H,8-9H2,1-3H3. The second-order valence-corrected chi connectivity index (χ2v) is 5.18. The lowest BCUT2D eigenvalue weighted by atomic mass is 10.1. The van der Waals surface area contributed by atoms with Crippen LogP contribution in [0.5, 0.6) is 5.75 Å². The Bertz CT molecular complexity index is 382. The molecule has 0 aliphatic carbocycles. The molecule has 6 heteroatoms. The maximum Gasteiger partial charge on any atom is 0.573 e. The lowest BCUT2D eigenvalue weighted by molar-refractivity contribution is -0.274. The Morgan fingerprint density at radius 2 is 1.58 bits per heavy atom. The van der Waals surface area contributed by atoms with Crippen molar-refractivity contribution in [1.29, 1.82) is 0 Å². The summed E-state index contributed by atoms with van der Waals surface area (Å²) in [4.78, 5) is 0. The Hall–Kier alpha value is -1.43. The van der Waals surface area contributed by atoms with Gasteiger partial charge in [0, 0.05) is 24.3 Å². The van der Waals surface area contributed by atoms with Crippen LogP contribution >= 0.6 is 0 Å². The Balaban J connectivity index is 2.36. The van der Waals surface area contributed by atoms with E-state index in [9.17, 15) is 13.2 Å². The van der Waals surface area contributed by atoms with Crippen LogP contribution in [0.2, 0.25) is 0 Å². The molecule has 0 unspecified atom stereocenters. The zero-order valence-electron chi connectivity index (χ0n) is 11.3. The maximum absolute atomic E-state index is 12.0. The molecule has 0 radical (unpaired) electrons. The number of halogens is 3. The normalized spacial score (nSPS) is 12.3. The highest BCUT2D eigenvalue weighted by Gasteiger charge is 2.30. The Labute approximate surface area is 111 Å². The molecular formula is C13H19F3N2O. The predicted octanol–water partition coefficient (Wildman–Crippen LogP) is 3.39. The molecule has 0 atom stereocenters.